The minimum Gasteiger partial charge on any atom is -0.391 e. The van der Waals surface area contributed by atoms with Crippen LogP contribution in [-0.4, -0.2) is 53.1 Å². The van der Waals surface area contributed by atoms with Gasteiger partial charge in [0.25, 0.3) is 0 Å². The van der Waals surface area contributed by atoms with Crippen LogP contribution < -0.4 is 5.32 Å². The zero-order valence-corrected chi connectivity index (χ0v) is 11.8. The molecule has 98 valence electrons. The van der Waals surface area contributed by atoms with Crippen molar-refractivity contribution in [3.8, 4) is 0 Å². The van der Waals surface area contributed by atoms with E-state index in [0.717, 1.165) is 23.1 Å². The van der Waals surface area contributed by atoms with Crippen molar-refractivity contribution in [2.24, 2.45) is 0 Å². The number of aliphatic hydroxyl groups is 1. The Hall–Kier alpha value is -0.210. The van der Waals surface area contributed by atoms with Gasteiger partial charge in [-0.25, -0.2) is 4.98 Å². The van der Waals surface area contributed by atoms with Crippen LogP contribution >= 0.6 is 23.3 Å². The summed E-state index contributed by atoms with van der Waals surface area (Å²) in [6.45, 7) is 4.04. The third-order valence-corrected chi connectivity index (χ3v) is 4.04. The molecule has 17 heavy (non-hydrogen) atoms. The molecule has 0 aliphatic heterocycles. The largest absolute Gasteiger partial charge is 0.391 e. The molecule has 7 heteroatoms. The topological polar surface area (TPSA) is 67.3 Å². The van der Waals surface area contributed by atoms with Crippen LogP contribution in [0.3, 0.4) is 0 Å². The molecule has 0 aliphatic rings. The molecule has 0 saturated carbocycles. The van der Waals surface area contributed by atoms with Crippen LogP contribution in [0.5, 0.6) is 0 Å². The summed E-state index contributed by atoms with van der Waals surface area (Å²) >= 11 is 2.95. The Morgan fingerprint density at radius 3 is 3.06 bits per heavy atom. The molecule has 1 heterocycles. The number of nitrogens with zero attached hydrogens (tertiary/aromatic N) is 2. The number of rotatable bonds is 9. The van der Waals surface area contributed by atoms with E-state index >= 15 is 0 Å². The van der Waals surface area contributed by atoms with Crippen molar-refractivity contribution in [2.75, 3.05) is 32.6 Å². The van der Waals surface area contributed by atoms with Gasteiger partial charge in [-0.15, -0.1) is 0 Å². The second kappa shape index (κ2) is 8.82. The van der Waals surface area contributed by atoms with Gasteiger partial charge in [-0.2, -0.15) is 4.37 Å². The van der Waals surface area contributed by atoms with Crippen LogP contribution in [0, 0.1) is 0 Å². The first-order valence-electron chi connectivity index (χ1n) is 5.59. The average Bonchev–Trinajstić information content (AvgIpc) is 2.80. The summed E-state index contributed by atoms with van der Waals surface area (Å²) in [5, 5.41) is 12.8. The monoisotopic (exact) mass is 277 g/mol. The van der Waals surface area contributed by atoms with Gasteiger partial charge >= 0.3 is 0 Å². The average molecular weight is 277 g/mol. The highest BCUT2D eigenvalue weighted by Gasteiger charge is 2.08. The molecule has 1 aromatic rings. The van der Waals surface area contributed by atoms with Crippen molar-refractivity contribution in [1.29, 1.82) is 0 Å². The Morgan fingerprint density at radius 2 is 2.41 bits per heavy atom. The van der Waals surface area contributed by atoms with E-state index in [0.29, 0.717) is 18.9 Å². The van der Waals surface area contributed by atoms with E-state index in [2.05, 4.69) is 14.7 Å². The fraction of sp³-hybridized carbons (Fsp3) is 0.800. The molecule has 0 bridgehead atoms. The fourth-order valence-corrected chi connectivity index (χ4v) is 2.76. The van der Waals surface area contributed by atoms with Crippen molar-refractivity contribution in [3.63, 3.8) is 0 Å². The molecule has 0 saturated heterocycles. The van der Waals surface area contributed by atoms with E-state index in [9.17, 15) is 5.11 Å². The van der Waals surface area contributed by atoms with Crippen molar-refractivity contribution in [2.45, 2.75) is 23.8 Å². The number of methoxy groups -OCH3 is 1. The van der Waals surface area contributed by atoms with Gasteiger partial charge in [0.15, 0.2) is 4.34 Å². The van der Waals surface area contributed by atoms with E-state index in [1.54, 1.807) is 18.9 Å². The Labute approximate surface area is 110 Å². The molecule has 1 aromatic heterocycles. The lowest BCUT2D eigenvalue weighted by molar-refractivity contribution is 0.175. The zero-order chi connectivity index (χ0) is 12.5. The molecule has 5 nitrogen and oxygen atoms in total. The maximum atomic E-state index is 9.71. The Balaban J connectivity index is 2.12. The third-order valence-electron chi connectivity index (χ3n) is 2.03. The molecule has 0 fully saturated rings. The van der Waals surface area contributed by atoms with Crippen LogP contribution in [-0.2, 0) is 11.2 Å². The number of aryl methyl sites for hydroxylation is 1. The highest BCUT2D eigenvalue weighted by atomic mass is 32.2. The lowest BCUT2D eigenvalue weighted by Gasteiger charge is -2.09. The van der Waals surface area contributed by atoms with Gasteiger partial charge in [-0.3, -0.25) is 0 Å². The van der Waals surface area contributed by atoms with Gasteiger partial charge in [0.1, 0.15) is 5.82 Å². The number of hydrogen-bond acceptors (Lipinski definition) is 7. The molecule has 1 unspecified atom stereocenters. The van der Waals surface area contributed by atoms with Crippen molar-refractivity contribution in [3.05, 3.63) is 5.82 Å². The van der Waals surface area contributed by atoms with Crippen LogP contribution in [0.15, 0.2) is 4.34 Å². The van der Waals surface area contributed by atoms with Crippen molar-refractivity contribution >= 4 is 23.3 Å². The number of aliphatic hydroxyl groups excluding tert-OH is 1. The van der Waals surface area contributed by atoms with Gasteiger partial charge in [0.05, 0.1) is 12.7 Å². The second-order valence-corrected chi connectivity index (χ2v) is 5.51. The molecular formula is C10H19N3O2S2. The second-order valence-electron chi connectivity index (χ2n) is 3.49. The van der Waals surface area contributed by atoms with E-state index in [-0.39, 0.29) is 6.10 Å². The maximum absolute atomic E-state index is 9.71. The molecule has 0 amide bonds. The van der Waals surface area contributed by atoms with E-state index < -0.39 is 0 Å². The third kappa shape index (κ3) is 6.32. The first-order chi connectivity index (χ1) is 8.26. The first kappa shape index (κ1) is 14.8. The predicted octanol–water partition coefficient (Wildman–Crippen LogP) is 0.789. The van der Waals surface area contributed by atoms with Gasteiger partial charge in [-0.1, -0.05) is 18.7 Å². The molecule has 2 N–H and O–H groups in total. The zero-order valence-electron chi connectivity index (χ0n) is 10.2. The lowest BCUT2D eigenvalue weighted by Crippen LogP contribution is -2.30. The predicted molar refractivity (Wildman–Crippen MR) is 70.8 cm³/mol. The SMILES string of the molecule is CCc1nsc(SCC(O)CNCCOC)n1. The summed E-state index contributed by atoms with van der Waals surface area (Å²) < 4.78 is 10.0. The van der Waals surface area contributed by atoms with Crippen molar-refractivity contribution < 1.29 is 9.84 Å². The summed E-state index contributed by atoms with van der Waals surface area (Å²) in [5.41, 5.74) is 0. The highest BCUT2D eigenvalue weighted by Crippen LogP contribution is 2.20. The van der Waals surface area contributed by atoms with E-state index in [4.69, 9.17) is 4.74 Å². The number of nitrogens with one attached hydrogen (secondary N) is 1. The maximum Gasteiger partial charge on any atom is 0.170 e. The summed E-state index contributed by atoms with van der Waals surface area (Å²) in [7, 11) is 1.66. The molecule has 0 aromatic carbocycles. The normalized spacial score (nSPS) is 12.9. The van der Waals surface area contributed by atoms with Crippen LogP contribution in [0.25, 0.3) is 0 Å². The van der Waals surface area contributed by atoms with Gasteiger partial charge in [0, 0.05) is 32.4 Å². The smallest absolute Gasteiger partial charge is 0.170 e. The quantitative estimate of drug-likeness (QED) is 0.514. The number of hydrogen-bond donors (Lipinski definition) is 2. The van der Waals surface area contributed by atoms with Gasteiger partial charge < -0.3 is 15.2 Å². The molecule has 0 spiro atoms. The Kier molecular flexibility index (Phi) is 7.70. The van der Waals surface area contributed by atoms with Crippen molar-refractivity contribution in [1.82, 2.24) is 14.7 Å². The van der Waals surface area contributed by atoms with Gasteiger partial charge in [0.2, 0.25) is 0 Å². The van der Waals surface area contributed by atoms with Gasteiger partial charge in [-0.05, 0) is 11.5 Å². The summed E-state index contributed by atoms with van der Waals surface area (Å²) in [6.07, 6.45) is 0.490. The van der Waals surface area contributed by atoms with Crippen LogP contribution in [0.2, 0.25) is 0 Å². The first-order valence-corrected chi connectivity index (χ1v) is 7.35. The summed E-state index contributed by atoms with van der Waals surface area (Å²) in [5.74, 6) is 1.52. The molecule has 1 atom stereocenters. The molecule has 0 aliphatic carbocycles. The number of thioether (sulfide) groups is 1. The molecular weight excluding hydrogens is 258 g/mol. The highest BCUT2D eigenvalue weighted by molar-refractivity contribution is 8.00. The minimum atomic E-state index is -0.370. The molecule has 0 radical (unpaired) electrons. The minimum absolute atomic E-state index is 0.370. The lowest BCUT2D eigenvalue weighted by atomic mass is 10.4. The summed E-state index contributed by atoms with van der Waals surface area (Å²) in [6, 6.07) is 0. The molecule has 1 rings (SSSR count). The van der Waals surface area contributed by atoms with E-state index in [1.165, 1.54) is 11.5 Å². The fourth-order valence-electron chi connectivity index (χ4n) is 1.11. The number of aromatic nitrogens is 2. The Bertz CT molecular complexity index is 309. The van der Waals surface area contributed by atoms with Crippen LogP contribution in [0.4, 0.5) is 0 Å². The summed E-state index contributed by atoms with van der Waals surface area (Å²) in [4.78, 5) is 4.33. The number of ether oxygens (including phenoxy) is 1. The van der Waals surface area contributed by atoms with Crippen LogP contribution in [0.1, 0.15) is 12.7 Å². The van der Waals surface area contributed by atoms with E-state index in [1.807, 2.05) is 6.92 Å². The standard InChI is InChI=1S/C10H19N3O2S2/c1-3-9-12-10(17-13-9)16-7-8(14)6-11-4-5-15-2/h8,11,14H,3-7H2,1-2H3. The Morgan fingerprint density at radius 1 is 1.59 bits per heavy atom.